The van der Waals surface area contributed by atoms with E-state index < -0.39 is 17.9 Å². The van der Waals surface area contributed by atoms with Gasteiger partial charge in [-0.2, -0.15) is 10.3 Å². The average molecular weight is 2250 g/mol. The van der Waals surface area contributed by atoms with Gasteiger partial charge in [-0.15, -0.1) is 0 Å². The number of urea groups is 2. The largest absolute Gasteiger partial charge is 0.399 e. The van der Waals surface area contributed by atoms with Crippen LogP contribution in [0.3, 0.4) is 0 Å². The first kappa shape index (κ1) is 100.0. The molecule has 1 aliphatic rings. The number of alkyl halides is 1. The van der Waals surface area contributed by atoms with Gasteiger partial charge >= 0.3 is 12.1 Å². The maximum atomic E-state index is 13.4. The number of aliphatic hydroxyl groups is 3. The standard InChI is InChI=1S/C22H15Br2N3O2.C22H17Br2N3O2.C16H14BrNO.C16H12BrNO.C9H6BrNO.C7H4BrNO.C6H6BrN/c1-25-18-8-2-15(3-9-18)22(29)14-26(19-10-4-16(23)5-11-19)21(28)27(22)20-12-6-17(24)7-13-20;23-17-5-9-19(10-6-17)26-22(29)27(20-11-7-18(24)8-12-20)14-21(28)16-3-1-15(13-25)2-4-16;2*1-18-15-9-5-13(6-10-15)16(19)11-4-12-2-7-14(17)8-3-12;1-11-8-4-2-7(3-5-8)9(12)6-10;8-6-1-3-7(4-2-6)9-5-10;7-5-1-3-6(8)4-2-5/h2-13,29H,14H2;1-12,21,28H,14H2,(H,26,29);2-3,5-10,16,19H,4,11H2;2-3,5-10H,4,11H2;2-5H,6H2;1-4H;1-4H,8H2. The molecule has 0 spiro atoms. The molecule has 3 atom stereocenters. The van der Waals surface area contributed by atoms with Gasteiger partial charge in [-0.25, -0.2) is 33.8 Å². The number of carbonyl (C=O) groups excluding carboxylic acids is 5. The first-order valence-corrected chi connectivity index (χ1v) is 45.3. The summed E-state index contributed by atoms with van der Waals surface area (Å²) in [6.45, 7) is 27.7. The zero-order valence-corrected chi connectivity index (χ0v) is 80.8. The maximum absolute atomic E-state index is 13.4. The van der Waals surface area contributed by atoms with Gasteiger partial charge in [0.1, 0.15) is 0 Å². The molecular formula is C98H74Br9N11O8. The van der Waals surface area contributed by atoms with Gasteiger partial charge in [-0.1, -0.05) is 277 Å². The Kier molecular flexibility index (Phi) is 41.2. The number of aryl methyl sites for hydroxylation is 2. The third-order valence-electron chi connectivity index (χ3n) is 18.3. The number of nitriles is 1. The van der Waals surface area contributed by atoms with Crippen LogP contribution in [0.4, 0.5) is 66.5 Å². The molecule has 4 amide bonds. The molecule has 1 fully saturated rings. The number of halogens is 9. The van der Waals surface area contributed by atoms with Crippen molar-refractivity contribution in [2.45, 2.75) is 43.6 Å². The number of aliphatic hydroxyl groups excluding tert-OH is 2. The predicted molar refractivity (Wildman–Crippen MR) is 532 cm³/mol. The number of ketones is 2. The molecule has 126 heavy (non-hydrogen) atoms. The number of amides is 4. The van der Waals surface area contributed by atoms with Gasteiger partial charge in [0, 0.05) is 87.3 Å². The van der Waals surface area contributed by atoms with Crippen LogP contribution in [0.2, 0.25) is 0 Å². The van der Waals surface area contributed by atoms with Gasteiger partial charge < -0.3 is 26.4 Å². The molecule has 1 aliphatic heterocycles. The summed E-state index contributed by atoms with van der Waals surface area (Å²) in [5.41, 5.74) is 16.2. The SMILES string of the molecule is N#Cc1ccc(C(O)CN(C(=O)Nc2ccc(Br)cc2)c2ccc(Br)cc2)cc1.Nc1ccc(Br)cc1.O=C=Nc1ccc(Br)cc1.[C-]#[N+]c1ccc(C(=O)CBr)cc1.[C-]#[N+]c1ccc(C(=O)CCc2ccc(Br)cc2)cc1.[C-]#[N+]c1ccc(C(O)CCc2ccc(Br)cc2)cc1.[C-]#[N+]c1ccc(C2(O)CN(c3ccc(Br)cc3)C(=O)N2c2ccc(Br)cc2)cc1. The number of β-amino-alcohol motifs (C(OH)–C–C–N with tert-alkyl or cyclic N) is 1. The number of benzene rings is 13. The number of nitrogens with one attached hydrogen (secondary N) is 1. The molecule has 28 heteroatoms. The number of carbonyl (C=O) groups is 4. The molecule has 19 nitrogen and oxygen atoms in total. The van der Waals surface area contributed by atoms with E-state index in [1.54, 1.807) is 163 Å². The van der Waals surface area contributed by atoms with Gasteiger partial charge in [0.2, 0.25) is 6.08 Å². The van der Waals surface area contributed by atoms with Crippen molar-refractivity contribution < 1.29 is 39.3 Å². The molecule has 632 valence electrons. The van der Waals surface area contributed by atoms with Crippen molar-refractivity contribution in [2.24, 2.45) is 4.99 Å². The Labute approximate surface area is 806 Å². The van der Waals surface area contributed by atoms with E-state index in [1.807, 2.05) is 146 Å². The van der Waals surface area contributed by atoms with E-state index in [0.717, 1.165) is 65.4 Å². The number of isocyanates is 1. The average Bonchev–Trinajstić information content (AvgIpc) is 1.58. The molecule has 0 aromatic heterocycles. The lowest BCUT2D eigenvalue weighted by Crippen LogP contribution is -2.44. The maximum Gasteiger partial charge on any atom is 0.331 e. The van der Waals surface area contributed by atoms with Crippen LogP contribution in [0, 0.1) is 37.6 Å². The van der Waals surface area contributed by atoms with E-state index in [9.17, 15) is 39.3 Å². The Bertz CT molecular complexity index is 5960. The van der Waals surface area contributed by atoms with Crippen molar-refractivity contribution in [1.29, 1.82) is 5.26 Å². The minimum absolute atomic E-state index is 0.0338. The molecule has 3 unspecified atom stereocenters. The van der Waals surface area contributed by atoms with Crippen LogP contribution in [0.1, 0.15) is 79.1 Å². The van der Waals surface area contributed by atoms with Crippen molar-refractivity contribution in [3.8, 4) is 6.07 Å². The summed E-state index contributed by atoms with van der Waals surface area (Å²) in [6, 6.07) is 95.1. The number of aliphatic imine (C=N–C) groups is 1. The van der Waals surface area contributed by atoms with Crippen LogP contribution < -0.4 is 25.8 Å². The first-order valence-electron chi connectivity index (χ1n) is 37.8. The third-order valence-corrected chi connectivity index (χ3v) is 23.1. The van der Waals surface area contributed by atoms with Gasteiger partial charge in [0.25, 0.3) is 0 Å². The number of hydrogen-bond acceptors (Lipinski definition) is 11. The van der Waals surface area contributed by atoms with Crippen molar-refractivity contribution in [3.05, 3.63) is 441 Å². The number of nitrogens with two attached hydrogens (primary N) is 1. The summed E-state index contributed by atoms with van der Waals surface area (Å²) in [4.78, 5) is 80.4. The molecule has 1 saturated heterocycles. The fourth-order valence-corrected chi connectivity index (χ4v) is 14.0. The van der Waals surface area contributed by atoms with Crippen molar-refractivity contribution >= 4 is 230 Å². The van der Waals surface area contributed by atoms with Crippen LogP contribution in [-0.4, -0.2) is 63.4 Å². The number of rotatable bonds is 19. The summed E-state index contributed by atoms with van der Waals surface area (Å²) in [5.74, 6) is 0.144. The highest BCUT2D eigenvalue weighted by atomic mass is 79.9. The fraction of sp³-hybridized carbons (Fsp3) is 0.102. The smallest absolute Gasteiger partial charge is 0.331 e. The molecule has 0 aliphatic carbocycles. The molecule has 0 radical (unpaired) electrons. The second-order valence-electron chi connectivity index (χ2n) is 26.9. The van der Waals surface area contributed by atoms with E-state index in [2.05, 4.69) is 191 Å². The summed E-state index contributed by atoms with van der Waals surface area (Å²) >= 11 is 30.0. The van der Waals surface area contributed by atoms with Gasteiger partial charge in [0.15, 0.2) is 40.0 Å². The second-order valence-corrected chi connectivity index (χ2v) is 34.8. The minimum atomic E-state index is -1.58. The van der Waals surface area contributed by atoms with Gasteiger partial charge in [-0.3, -0.25) is 24.3 Å². The fourth-order valence-electron chi connectivity index (χ4n) is 11.6. The topological polar surface area (TPSA) is 247 Å². The van der Waals surface area contributed by atoms with Crippen LogP contribution in [0.5, 0.6) is 0 Å². The van der Waals surface area contributed by atoms with Crippen LogP contribution >= 0.6 is 143 Å². The highest BCUT2D eigenvalue weighted by molar-refractivity contribution is 9.11. The Hall–Kier alpha value is -11.4. The molecular weight excluding hydrogens is 2180 g/mol. The normalized spacial score (nSPS) is 12.3. The minimum Gasteiger partial charge on any atom is -0.399 e. The van der Waals surface area contributed by atoms with E-state index in [-0.39, 0.29) is 36.7 Å². The van der Waals surface area contributed by atoms with E-state index in [1.165, 1.54) is 21.4 Å². The molecule has 0 bridgehead atoms. The summed E-state index contributed by atoms with van der Waals surface area (Å²) in [5, 5.41) is 44.7. The highest BCUT2D eigenvalue weighted by Crippen LogP contribution is 2.42. The molecule has 6 N–H and O–H groups in total. The lowest BCUT2D eigenvalue weighted by molar-refractivity contribution is 0.0655. The summed E-state index contributed by atoms with van der Waals surface area (Å²) in [7, 11) is 0. The number of nitrogens with zero attached hydrogens (tertiary/aromatic N) is 9. The molecule has 0 saturated carbocycles. The van der Waals surface area contributed by atoms with Crippen molar-refractivity contribution in [1.82, 2.24) is 0 Å². The zero-order valence-electron chi connectivity index (χ0n) is 66.5. The Balaban J connectivity index is 0.000000190. The van der Waals surface area contributed by atoms with Crippen LogP contribution in [0.25, 0.3) is 19.4 Å². The lowest BCUT2D eigenvalue weighted by atomic mass is 10.0. The highest BCUT2D eigenvalue weighted by Gasteiger charge is 2.51. The number of nitrogen functional groups attached to an aromatic ring is 1. The number of Topliss-reactive ketones (excluding diaryl/α,β-unsaturated/α-hetero) is 2. The molecule has 14 rings (SSSR count). The second kappa shape index (κ2) is 51.9. The quantitative estimate of drug-likeness (QED) is 0.0128. The Morgan fingerprint density at radius 3 is 1.29 bits per heavy atom. The van der Waals surface area contributed by atoms with E-state index in [0.29, 0.717) is 97.2 Å². The predicted octanol–water partition coefficient (Wildman–Crippen LogP) is 28.7. The van der Waals surface area contributed by atoms with Gasteiger partial charge in [0.05, 0.1) is 74.2 Å². The lowest BCUT2D eigenvalue weighted by Gasteiger charge is -2.32. The molecule has 13 aromatic carbocycles. The number of hydrogen-bond donors (Lipinski definition) is 5. The monoisotopic (exact) mass is 2240 g/mol. The van der Waals surface area contributed by atoms with E-state index in [4.69, 9.17) is 37.3 Å². The number of anilines is 5. The first-order chi connectivity index (χ1) is 60.6. The molecule has 13 aromatic rings. The summed E-state index contributed by atoms with van der Waals surface area (Å²) in [6.07, 6.45) is 2.80. The van der Waals surface area contributed by atoms with Crippen LogP contribution in [0.15, 0.2) is 356 Å². The van der Waals surface area contributed by atoms with Crippen LogP contribution in [-0.2, 0) is 23.4 Å². The Morgan fingerprint density at radius 2 is 0.857 bits per heavy atom. The van der Waals surface area contributed by atoms with Crippen molar-refractivity contribution in [3.63, 3.8) is 0 Å². The third kappa shape index (κ3) is 32.2. The summed E-state index contributed by atoms with van der Waals surface area (Å²) < 4.78 is 7.72. The zero-order chi connectivity index (χ0) is 91.1. The van der Waals surface area contributed by atoms with Crippen molar-refractivity contribution in [2.75, 3.05) is 44.2 Å². The van der Waals surface area contributed by atoms with Gasteiger partial charge in [-0.05, 0) is 224 Å². The Morgan fingerprint density at radius 1 is 0.484 bits per heavy atom. The molecule has 1 heterocycles. The van der Waals surface area contributed by atoms with E-state index >= 15 is 0 Å².